The van der Waals surface area contributed by atoms with Gasteiger partial charge < -0.3 is 9.84 Å². The summed E-state index contributed by atoms with van der Waals surface area (Å²) in [6.45, 7) is 0. The van der Waals surface area contributed by atoms with Crippen molar-refractivity contribution in [1.29, 1.82) is 0 Å². The number of hydrogen-bond donors (Lipinski definition) is 1. The van der Waals surface area contributed by atoms with E-state index in [0.29, 0.717) is 4.47 Å². The molecule has 21 heavy (non-hydrogen) atoms. The molecule has 0 heterocycles. The van der Waals surface area contributed by atoms with E-state index in [1.54, 1.807) is 0 Å². The van der Waals surface area contributed by atoms with Gasteiger partial charge in [0.15, 0.2) is 0 Å². The number of hydrogen-bond acceptors (Lipinski definition) is 2. The third-order valence-corrected chi connectivity index (χ3v) is 3.69. The van der Waals surface area contributed by atoms with Crippen LogP contribution >= 0.6 is 15.9 Å². The maximum Gasteiger partial charge on any atom is 0.425 e. The minimum atomic E-state index is -4.87. The lowest BCUT2D eigenvalue weighted by Gasteiger charge is -2.31. The van der Waals surface area contributed by atoms with Crippen molar-refractivity contribution in [3.63, 3.8) is 0 Å². The van der Waals surface area contributed by atoms with Crippen molar-refractivity contribution >= 4 is 15.9 Å². The van der Waals surface area contributed by atoms with Crippen molar-refractivity contribution in [2.75, 3.05) is 7.11 Å². The molecular weight excluding hydrogens is 349 g/mol. The second-order valence-electron chi connectivity index (χ2n) is 4.45. The lowest BCUT2D eigenvalue weighted by atomic mass is 9.85. The molecule has 0 amide bonds. The van der Waals surface area contributed by atoms with Crippen molar-refractivity contribution in [2.24, 2.45) is 0 Å². The number of rotatable bonds is 3. The fraction of sp³-hybridized carbons (Fsp3) is 0.200. The maximum absolute atomic E-state index is 13.5. The van der Waals surface area contributed by atoms with E-state index in [1.165, 1.54) is 55.6 Å². The number of ether oxygens (including phenoxy) is 1. The number of aliphatic hydroxyl groups is 1. The second kappa shape index (κ2) is 5.69. The zero-order valence-corrected chi connectivity index (χ0v) is 12.6. The Balaban J connectivity index is 2.64. The van der Waals surface area contributed by atoms with Gasteiger partial charge in [-0.25, -0.2) is 0 Å². The van der Waals surface area contributed by atoms with Crippen LogP contribution in [0.4, 0.5) is 13.2 Å². The molecule has 2 aromatic rings. The quantitative estimate of drug-likeness (QED) is 0.886. The summed E-state index contributed by atoms with van der Waals surface area (Å²) in [7, 11) is 1.35. The second-order valence-corrected chi connectivity index (χ2v) is 5.36. The SMILES string of the molecule is COc1cccc(C(O)(c2ccc(Br)cc2)C(F)(F)F)c1. The molecule has 112 valence electrons. The van der Waals surface area contributed by atoms with E-state index in [-0.39, 0.29) is 16.9 Å². The summed E-state index contributed by atoms with van der Waals surface area (Å²) in [6.07, 6.45) is -4.87. The molecular formula is C15H12BrF3O2. The topological polar surface area (TPSA) is 29.5 Å². The van der Waals surface area contributed by atoms with E-state index in [2.05, 4.69) is 15.9 Å². The largest absolute Gasteiger partial charge is 0.497 e. The summed E-state index contributed by atoms with van der Waals surface area (Å²) in [4.78, 5) is 0. The minimum Gasteiger partial charge on any atom is -0.497 e. The normalized spacial score (nSPS) is 14.6. The van der Waals surface area contributed by atoms with Gasteiger partial charge in [0, 0.05) is 10.0 Å². The van der Waals surface area contributed by atoms with Crippen LogP contribution < -0.4 is 4.74 Å². The van der Waals surface area contributed by atoms with Crippen molar-refractivity contribution in [3.8, 4) is 5.75 Å². The van der Waals surface area contributed by atoms with E-state index >= 15 is 0 Å². The Morgan fingerprint density at radius 3 is 2.14 bits per heavy atom. The monoisotopic (exact) mass is 360 g/mol. The average Bonchev–Trinajstić information content (AvgIpc) is 2.46. The van der Waals surface area contributed by atoms with Crippen molar-refractivity contribution in [3.05, 3.63) is 64.1 Å². The van der Waals surface area contributed by atoms with Crippen LogP contribution in [0.2, 0.25) is 0 Å². The predicted molar refractivity (Wildman–Crippen MR) is 76.2 cm³/mol. The summed E-state index contributed by atoms with van der Waals surface area (Å²) in [6, 6.07) is 10.7. The Morgan fingerprint density at radius 2 is 1.62 bits per heavy atom. The summed E-state index contributed by atoms with van der Waals surface area (Å²) in [5.41, 5.74) is -3.65. The molecule has 0 saturated heterocycles. The zero-order chi connectivity index (χ0) is 15.7. The van der Waals surface area contributed by atoms with E-state index in [1.807, 2.05) is 0 Å². The number of benzene rings is 2. The van der Waals surface area contributed by atoms with Gasteiger partial charge in [0.25, 0.3) is 0 Å². The Bertz CT molecular complexity index is 626. The molecule has 2 nitrogen and oxygen atoms in total. The zero-order valence-electron chi connectivity index (χ0n) is 11.0. The van der Waals surface area contributed by atoms with Crippen LogP contribution in [0.1, 0.15) is 11.1 Å². The van der Waals surface area contributed by atoms with E-state index in [4.69, 9.17) is 4.74 Å². The Hall–Kier alpha value is -1.53. The van der Waals surface area contributed by atoms with Gasteiger partial charge in [-0.1, -0.05) is 40.2 Å². The van der Waals surface area contributed by atoms with Gasteiger partial charge in [0.1, 0.15) is 5.75 Å². The van der Waals surface area contributed by atoms with Crippen LogP contribution in [-0.4, -0.2) is 18.4 Å². The van der Waals surface area contributed by atoms with Gasteiger partial charge in [0.05, 0.1) is 7.11 Å². The molecule has 6 heteroatoms. The van der Waals surface area contributed by atoms with Crippen LogP contribution in [0.3, 0.4) is 0 Å². The van der Waals surface area contributed by atoms with Crippen molar-refractivity contribution in [1.82, 2.24) is 0 Å². The predicted octanol–water partition coefficient (Wildman–Crippen LogP) is 4.26. The molecule has 0 bridgehead atoms. The molecule has 0 saturated carbocycles. The number of halogens is 4. The lowest BCUT2D eigenvalue weighted by molar-refractivity contribution is -0.248. The highest BCUT2D eigenvalue weighted by molar-refractivity contribution is 9.10. The van der Waals surface area contributed by atoms with Gasteiger partial charge in [-0.3, -0.25) is 0 Å². The first kappa shape index (κ1) is 15.9. The molecule has 1 unspecified atom stereocenters. The van der Waals surface area contributed by atoms with Crippen LogP contribution in [0.5, 0.6) is 5.75 Å². The third-order valence-electron chi connectivity index (χ3n) is 3.16. The van der Waals surface area contributed by atoms with Crippen LogP contribution in [0, 0.1) is 0 Å². The van der Waals surface area contributed by atoms with Crippen LogP contribution in [-0.2, 0) is 5.60 Å². The standard InChI is InChI=1S/C15H12BrF3O2/c1-21-13-4-2-3-11(9-13)14(20,15(17,18)19)10-5-7-12(16)8-6-10/h2-9,20H,1H3. The molecule has 0 fully saturated rings. The number of methoxy groups -OCH3 is 1. The molecule has 0 aliphatic heterocycles. The Labute approximate surface area is 128 Å². The first-order valence-corrected chi connectivity index (χ1v) is 6.78. The van der Waals surface area contributed by atoms with Gasteiger partial charge in [-0.15, -0.1) is 0 Å². The maximum atomic E-state index is 13.5. The molecule has 2 rings (SSSR count). The highest BCUT2D eigenvalue weighted by Gasteiger charge is 2.56. The van der Waals surface area contributed by atoms with Gasteiger partial charge in [-0.2, -0.15) is 13.2 Å². The Morgan fingerprint density at radius 1 is 1.00 bits per heavy atom. The summed E-state index contributed by atoms with van der Waals surface area (Å²) < 4.78 is 46.1. The summed E-state index contributed by atoms with van der Waals surface area (Å²) in [5.74, 6) is 0.243. The fourth-order valence-electron chi connectivity index (χ4n) is 2.03. The molecule has 0 aliphatic carbocycles. The van der Waals surface area contributed by atoms with E-state index in [0.717, 1.165) is 0 Å². The first-order chi connectivity index (χ1) is 9.79. The van der Waals surface area contributed by atoms with E-state index in [9.17, 15) is 18.3 Å². The molecule has 0 aliphatic rings. The molecule has 0 aromatic heterocycles. The summed E-state index contributed by atoms with van der Waals surface area (Å²) >= 11 is 3.16. The van der Waals surface area contributed by atoms with Crippen LogP contribution in [0.25, 0.3) is 0 Å². The Kier molecular flexibility index (Phi) is 4.30. The van der Waals surface area contributed by atoms with Gasteiger partial charge in [0.2, 0.25) is 5.60 Å². The van der Waals surface area contributed by atoms with Crippen molar-refractivity contribution < 1.29 is 23.0 Å². The smallest absolute Gasteiger partial charge is 0.425 e. The van der Waals surface area contributed by atoms with Crippen molar-refractivity contribution in [2.45, 2.75) is 11.8 Å². The highest BCUT2D eigenvalue weighted by Crippen LogP contribution is 2.45. The first-order valence-electron chi connectivity index (χ1n) is 5.98. The fourth-order valence-corrected chi connectivity index (χ4v) is 2.30. The highest BCUT2D eigenvalue weighted by atomic mass is 79.9. The van der Waals surface area contributed by atoms with Gasteiger partial charge >= 0.3 is 6.18 Å². The van der Waals surface area contributed by atoms with Gasteiger partial charge in [-0.05, 0) is 29.8 Å². The molecule has 0 spiro atoms. The third kappa shape index (κ3) is 2.91. The molecule has 0 radical (unpaired) electrons. The average molecular weight is 361 g/mol. The minimum absolute atomic E-state index is 0.243. The molecule has 1 atom stereocenters. The lowest BCUT2D eigenvalue weighted by Crippen LogP contribution is -2.43. The van der Waals surface area contributed by atoms with Crippen LogP contribution in [0.15, 0.2) is 53.0 Å². The number of alkyl halides is 3. The summed E-state index contributed by atoms with van der Waals surface area (Å²) in [5, 5.41) is 10.4. The van der Waals surface area contributed by atoms with E-state index < -0.39 is 11.8 Å². The molecule has 1 N–H and O–H groups in total. The molecule has 2 aromatic carbocycles.